The predicted molar refractivity (Wildman–Crippen MR) is 82.9 cm³/mol. The number of rotatable bonds is 3. The summed E-state index contributed by atoms with van der Waals surface area (Å²) in [6.07, 6.45) is 6.71. The second kappa shape index (κ2) is 5.81. The molecule has 0 amide bonds. The van der Waals surface area contributed by atoms with Gasteiger partial charge in [-0.3, -0.25) is 4.98 Å². The fraction of sp³-hybridized carbons (Fsp3) is 0.467. The van der Waals surface area contributed by atoms with E-state index in [1.165, 1.54) is 6.33 Å². The lowest BCUT2D eigenvalue weighted by molar-refractivity contribution is 0.315. The van der Waals surface area contributed by atoms with Gasteiger partial charge < -0.3 is 4.57 Å². The van der Waals surface area contributed by atoms with Gasteiger partial charge in [0.15, 0.2) is 5.03 Å². The molecule has 6 nitrogen and oxygen atoms in total. The van der Waals surface area contributed by atoms with Crippen molar-refractivity contribution in [1.82, 2.24) is 18.8 Å². The van der Waals surface area contributed by atoms with Crippen molar-refractivity contribution in [3.05, 3.63) is 42.1 Å². The molecular formula is C15H20N4O2S. The van der Waals surface area contributed by atoms with Crippen LogP contribution in [0.15, 0.2) is 35.9 Å². The SMILES string of the molecule is Cc1cc([C@H]2CCCN(S(=O)(=O)c3cn(C)cn3)C2)ccn1. The Labute approximate surface area is 130 Å². The van der Waals surface area contributed by atoms with Gasteiger partial charge in [0.05, 0.1) is 6.33 Å². The topological polar surface area (TPSA) is 68.1 Å². The molecule has 1 aliphatic heterocycles. The van der Waals surface area contributed by atoms with Crippen molar-refractivity contribution in [2.24, 2.45) is 7.05 Å². The number of hydrogen-bond donors (Lipinski definition) is 0. The van der Waals surface area contributed by atoms with E-state index >= 15 is 0 Å². The fourth-order valence-corrected chi connectivity index (χ4v) is 4.40. The molecule has 3 heterocycles. The Morgan fingerprint density at radius 3 is 2.82 bits per heavy atom. The first-order valence-electron chi connectivity index (χ1n) is 7.37. The van der Waals surface area contributed by atoms with Crippen molar-refractivity contribution in [1.29, 1.82) is 0 Å². The molecule has 2 aromatic rings. The molecule has 0 aromatic carbocycles. The summed E-state index contributed by atoms with van der Waals surface area (Å²) in [6, 6.07) is 4.02. The summed E-state index contributed by atoms with van der Waals surface area (Å²) in [5.74, 6) is 0.217. The summed E-state index contributed by atoms with van der Waals surface area (Å²) in [7, 11) is -1.74. The van der Waals surface area contributed by atoms with Gasteiger partial charge in [0.2, 0.25) is 0 Å². The number of sulfonamides is 1. The molecule has 0 saturated carbocycles. The summed E-state index contributed by atoms with van der Waals surface area (Å²) in [4.78, 5) is 8.21. The van der Waals surface area contributed by atoms with Crippen molar-refractivity contribution in [2.45, 2.75) is 30.7 Å². The number of piperidine rings is 1. The maximum absolute atomic E-state index is 12.7. The van der Waals surface area contributed by atoms with Crippen molar-refractivity contribution >= 4 is 10.0 Å². The van der Waals surface area contributed by atoms with Crippen LogP contribution in [0, 0.1) is 6.92 Å². The van der Waals surface area contributed by atoms with Gasteiger partial charge in [0.1, 0.15) is 0 Å². The third-order valence-corrected chi connectivity index (χ3v) is 5.81. The minimum absolute atomic E-state index is 0.126. The number of hydrogen-bond acceptors (Lipinski definition) is 4. The first-order valence-corrected chi connectivity index (χ1v) is 8.81. The Balaban J connectivity index is 1.84. The van der Waals surface area contributed by atoms with Crippen LogP contribution in [0.25, 0.3) is 0 Å². The predicted octanol–water partition coefficient (Wildman–Crippen LogP) is 1.69. The highest BCUT2D eigenvalue weighted by molar-refractivity contribution is 7.89. The minimum Gasteiger partial charge on any atom is -0.339 e. The van der Waals surface area contributed by atoms with Crippen LogP contribution in [0.1, 0.15) is 30.0 Å². The van der Waals surface area contributed by atoms with Gasteiger partial charge >= 0.3 is 0 Å². The van der Waals surface area contributed by atoms with Gasteiger partial charge in [-0.1, -0.05) is 0 Å². The maximum atomic E-state index is 12.7. The smallest absolute Gasteiger partial charge is 0.262 e. The quantitative estimate of drug-likeness (QED) is 0.863. The highest BCUT2D eigenvalue weighted by Gasteiger charge is 2.32. The molecule has 0 unspecified atom stereocenters. The second-order valence-electron chi connectivity index (χ2n) is 5.81. The molecule has 2 aromatic heterocycles. The van der Waals surface area contributed by atoms with Crippen LogP contribution in [-0.4, -0.2) is 40.3 Å². The fourth-order valence-electron chi connectivity index (χ4n) is 2.91. The number of nitrogens with zero attached hydrogens (tertiary/aromatic N) is 4. The third-order valence-electron chi connectivity index (χ3n) is 4.06. The van der Waals surface area contributed by atoms with E-state index in [-0.39, 0.29) is 10.9 Å². The molecule has 7 heteroatoms. The second-order valence-corrected chi connectivity index (χ2v) is 7.69. The zero-order valence-corrected chi connectivity index (χ0v) is 13.6. The zero-order valence-electron chi connectivity index (χ0n) is 12.8. The Bertz CT molecular complexity index is 769. The minimum atomic E-state index is -3.51. The van der Waals surface area contributed by atoms with E-state index in [4.69, 9.17) is 0 Å². The van der Waals surface area contributed by atoms with E-state index in [0.29, 0.717) is 13.1 Å². The lowest BCUT2D eigenvalue weighted by Crippen LogP contribution is -2.39. The summed E-state index contributed by atoms with van der Waals surface area (Å²) < 4.78 is 28.6. The van der Waals surface area contributed by atoms with Gasteiger partial charge in [-0.05, 0) is 43.4 Å². The van der Waals surface area contributed by atoms with Gasteiger partial charge in [0, 0.05) is 38.2 Å². The maximum Gasteiger partial charge on any atom is 0.262 e. The van der Waals surface area contributed by atoms with Crippen molar-refractivity contribution in [3.8, 4) is 0 Å². The van der Waals surface area contributed by atoms with Gasteiger partial charge in [0.25, 0.3) is 10.0 Å². The highest BCUT2D eigenvalue weighted by atomic mass is 32.2. The van der Waals surface area contributed by atoms with Gasteiger partial charge in [-0.15, -0.1) is 0 Å². The molecule has 3 rings (SSSR count). The number of imidazole rings is 1. The van der Waals surface area contributed by atoms with E-state index in [1.807, 2.05) is 19.1 Å². The first kappa shape index (κ1) is 15.2. The molecule has 0 N–H and O–H groups in total. The normalized spacial score (nSPS) is 20.2. The standard InChI is InChI=1S/C15H20N4O2S/c1-12-8-13(5-6-16-12)14-4-3-7-19(9-14)22(20,21)15-10-18(2)11-17-15/h5-6,8,10-11,14H,3-4,7,9H2,1-2H3/t14-/m0/s1. The third kappa shape index (κ3) is 2.91. The Hall–Kier alpha value is -1.73. The van der Waals surface area contributed by atoms with Crippen LogP contribution < -0.4 is 0 Å². The van der Waals surface area contributed by atoms with Gasteiger partial charge in [-0.25, -0.2) is 13.4 Å². The Kier molecular flexibility index (Phi) is 4.01. The van der Waals surface area contributed by atoms with Crippen LogP contribution in [0.5, 0.6) is 0 Å². The van der Waals surface area contributed by atoms with Crippen LogP contribution in [0.2, 0.25) is 0 Å². The van der Waals surface area contributed by atoms with E-state index in [1.54, 1.807) is 28.3 Å². The summed E-state index contributed by atoms with van der Waals surface area (Å²) >= 11 is 0. The summed E-state index contributed by atoms with van der Waals surface area (Å²) in [5.41, 5.74) is 2.12. The molecule has 22 heavy (non-hydrogen) atoms. The van der Waals surface area contributed by atoms with Gasteiger partial charge in [-0.2, -0.15) is 4.31 Å². The van der Waals surface area contributed by atoms with Crippen LogP contribution in [0.3, 0.4) is 0 Å². The van der Waals surface area contributed by atoms with Crippen LogP contribution >= 0.6 is 0 Å². The average Bonchev–Trinajstić information content (AvgIpc) is 2.95. The lowest BCUT2D eigenvalue weighted by Gasteiger charge is -2.31. The molecule has 1 aliphatic rings. The summed E-state index contributed by atoms with van der Waals surface area (Å²) in [5, 5.41) is 0.126. The number of pyridine rings is 1. The molecule has 1 fully saturated rings. The summed E-state index contributed by atoms with van der Waals surface area (Å²) in [6.45, 7) is 3.01. The first-order chi connectivity index (χ1) is 10.5. The molecule has 118 valence electrons. The Morgan fingerprint density at radius 2 is 2.14 bits per heavy atom. The molecular weight excluding hydrogens is 300 g/mol. The molecule has 1 saturated heterocycles. The molecule has 0 bridgehead atoms. The highest BCUT2D eigenvalue weighted by Crippen LogP contribution is 2.29. The molecule has 0 aliphatic carbocycles. The lowest BCUT2D eigenvalue weighted by atomic mass is 9.92. The Morgan fingerprint density at radius 1 is 1.32 bits per heavy atom. The molecule has 1 atom stereocenters. The average molecular weight is 320 g/mol. The largest absolute Gasteiger partial charge is 0.339 e. The van der Waals surface area contributed by atoms with Crippen molar-refractivity contribution in [2.75, 3.05) is 13.1 Å². The van der Waals surface area contributed by atoms with Crippen LogP contribution in [0.4, 0.5) is 0 Å². The number of aryl methyl sites for hydroxylation is 2. The van der Waals surface area contributed by atoms with E-state index in [2.05, 4.69) is 9.97 Å². The van der Waals surface area contributed by atoms with Crippen molar-refractivity contribution in [3.63, 3.8) is 0 Å². The van der Waals surface area contributed by atoms with Crippen LogP contribution in [-0.2, 0) is 17.1 Å². The van der Waals surface area contributed by atoms with E-state index in [0.717, 1.165) is 24.1 Å². The van der Waals surface area contributed by atoms with E-state index < -0.39 is 10.0 Å². The number of aromatic nitrogens is 3. The molecule has 0 spiro atoms. The zero-order chi connectivity index (χ0) is 15.7. The monoisotopic (exact) mass is 320 g/mol. The molecule has 0 radical (unpaired) electrons. The van der Waals surface area contributed by atoms with E-state index in [9.17, 15) is 8.42 Å². The van der Waals surface area contributed by atoms with Crippen molar-refractivity contribution < 1.29 is 8.42 Å².